The van der Waals surface area contributed by atoms with E-state index < -0.39 is 5.82 Å². The molecule has 0 fully saturated rings. The lowest BCUT2D eigenvalue weighted by Crippen LogP contribution is -2.12. The van der Waals surface area contributed by atoms with Crippen LogP contribution >= 0.6 is 28.6 Å². The molecule has 0 atom stereocenters. The van der Waals surface area contributed by atoms with E-state index in [0.717, 1.165) is 0 Å². The summed E-state index contributed by atoms with van der Waals surface area (Å²) < 4.78 is 14.1. The van der Waals surface area contributed by atoms with Crippen LogP contribution in [0.2, 0.25) is 0 Å². The monoisotopic (exact) mass is 380 g/mol. The number of carbonyl (C=O) groups excluding carboxylic acids is 1. The lowest BCUT2D eigenvalue weighted by atomic mass is 10.2. The number of carbonyl (C=O) groups is 1. The molecule has 122 valence electrons. The van der Waals surface area contributed by atoms with Crippen molar-refractivity contribution in [3.05, 3.63) is 22.4 Å². The maximum Gasteiger partial charge on any atom is 0.211 e. The van der Waals surface area contributed by atoms with Crippen LogP contribution in [0, 0.1) is 5.82 Å². The second kappa shape index (κ2) is 14.2. The average Bonchev–Trinajstić information content (AvgIpc) is 2.44. The molecule has 2 N–H and O–H groups in total. The van der Waals surface area contributed by atoms with E-state index in [4.69, 9.17) is 0 Å². The Labute approximate surface area is 141 Å². The van der Waals surface area contributed by atoms with Crippen molar-refractivity contribution in [1.82, 2.24) is 0 Å². The van der Waals surface area contributed by atoms with Gasteiger partial charge in [0, 0.05) is 10.5 Å². The van der Waals surface area contributed by atoms with Gasteiger partial charge in [-0.1, -0.05) is 42.6 Å². The van der Waals surface area contributed by atoms with Gasteiger partial charge in [-0.3, -0.25) is 4.79 Å². The summed E-state index contributed by atoms with van der Waals surface area (Å²) in [4.78, 5) is 10.3. The first-order valence-electron chi connectivity index (χ1n) is 6.86. The van der Waals surface area contributed by atoms with Gasteiger partial charge in [0.05, 0.1) is 5.69 Å². The predicted molar refractivity (Wildman–Crippen MR) is 98.0 cm³/mol. The molecule has 0 aliphatic heterocycles. The number of amides is 1. The Hall–Kier alpha value is -0.750. The third kappa shape index (κ3) is 10.6. The van der Waals surface area contributed by atoms with Gasteiger partial charge in [-0.05, 0) is 32.2 Å². The van der Waals surface area contributed by atoms with Gasteiger partial charge in [0.2, 0.25) is 6.41 Å². The first-order chi connectivity index (χ1) is 9.96. The van der Waals surface area contributed by atoms with E-state index in [9.17, 15) is 9.18 Å². The number of nitrogens with one attached hydrogen (secondary N) is 2. The molecule has 6 heteroatoms. The molecule has 1 aromatic rings. The molecule has 1 aromatic carbocycles. The number of anilines is 2. The molecule has 0 saturated carbocycles. The van der Waals surface area contributed by atoms with Crippen molar-refractivity contribution < 1.29 is 9.18 Å². The fourth-order valence-corrected chi connectivity index (χ4v) is 1.63. The van der Waals surface area contributed by atoms with E-state index >= 15 is 0 Å². The normalized spacial score (nSPS) is 9.00. The van der Waals surface area contributed by atoms with Crippen molar-refractivity contribution in [3.8, 4) is 0 Å². The molecule has 0 aromatic heterocycles. The zero-order valence-corrected chi connectivity index (χ0v) is 15.8. The van der Waals surface area contributed by atoms with Gasteiger partial charge < -0.3 is 10.6 Å². The molecule has 0 spiro atoms. The van der Waals surface area contributed by atoms with Gasteiger partial charge in [-0.2, -0.15) is 12.6 Å². The smallest absolute Gasteiger partial charge is 0.211 e. The quantitative estimate of drug-likeness (QED) is 0.477. The highest BCUT2D eigenvalue weighted by molar-refractivity contribution is 9.10. The minimum Gasteiger partial charge on any atom is -0.381 e. The molecule has 0 unspecified atom stereocenters. The molecule has 0 saturated heterocycles. The second-order valence-corrected chi connectivity index (χ2v) is 5.29. The third-order valence-corrected chi connectivity index (χ3v) is 2.66. The summed E-state index contributed by atoms with van der Waals surface area (Å²) in [6, 6.07) is 3.18. The minimum absolute atomic E-state index is 0.158. The van der Waals surface area contributed by atoms with Crippen LogP contribution in [0.15, 0.2) is 16.6 Å². The van der Waals surface area contributed by atoms with Gasteiger partial charge in [-0.15, -0.1) is 0 Å². The number of thiol groups is 1. The van der Waals surface area contributed by atoms with Gasteiger partial charge >= 0.3 is 0 Å². The highest BCUT2D eigenvalue weighted by Gasteiger charge is 2.10. The van der Waals surface area contributed by atoms with Crippen molar-refractivity contribution in [2.45, 2.75) is 46.6 Å². The van der Waals surface area contributed by atoms with E-state index in [0.29, 0.717) is 16.6 Å². The van der Waals surface area contributed by atoms with E-state index in [1.807, 2.05) is 13.8 Å². The van der Waals surface area contributed by atoms with E-state index in [1.165, 1.54) is 18.9 Å². The Bertz CT molecular complexity index is 402. The third-order valence-electron chi connectivity index (χ3n) is 2.20. The summed E-state index contributed by atoms with van der Waals surface area (Å²) in [5, 5.41) is 5.39. The topological polar surface area (TPSA) is 41.1 Å². The Kier molecular flexibility index (Phi) is 15.2. The highest BCUT2D eigenvalue weighted by atomic mass is 79.9. The van der Waals surface area contributed by atoms with Crippen LogP contribution in [0.25, 0.3) is 0 Å². The number of halogens is 2. The molecule has 0 aliphatic carbocycles. The molecular weight excluding hydrogens is 355 g/mol. The van der Waals surface area contributed by atoms with E-state index in [-0.39, 0.29) is 11.7 Å². The van der Waals surface area contributed by atoms with Crippen molar-refractivity contribution in [2.24, 2.45) is 0 Å². The Morgan fingerprint density at radius 2 is 1.81 bits per heavy atom. The molecule has 0 bridgehead atoms. The summed E-state index contributed by atoms with van der Waals surface area (Å²) in [6.45, 7) is 8.23. The minimum atomic E-state index is -0.473. The van der Waals surface area contributed by atoms with Crippen LogP contribution in [0.4, 0.5) is 15.8 Å². The SMILES string of the molecule is CC(C)Nc1cc(Br)cc(F)c1NC=O.CCCC.CS. The van der Waals surface area contributed by atoms with Crippen LogP contribution in [-0.4, -0.2) is 18.7 Å². The van der Waals surface area contributed by atoms with Gasteiger partial charge in [0.1, 0.15) is 11.5 Å². The van der Waals surface area contributed by atoms with Crippen LogP contribution in [0.5, 0.6) is 0 Å². The van der Waals surface area contributed by atoms with Gasteiger partial charge in [-0.25, -0.2) is 4.39 Å². The Morgan fingerprint density at radius 3 is 2.19 bits per heavy atom. The van der Waals surface area contributed by atoms with Crippen molar-refractivity contribution in [2.75, 3.05) is 16.9 Å². The summed E-state index contributed by atoms with van der Waals surface area (Å²) in [5.41, 5.74) is 0.728. The number of hydrogen-bond donors (Lipinski definition) is 3. The average molecular weight is 381 g/mol. The number of hydrogen-bond acceptors (Lipinski definition) is 3. The standard InChI is InChI=1S/C10H12BrFN2O.C4H10.CH4S/c1-6(2)14-9-4-7(11)3-8(12)10(9)13-5-15;1-3-4-2;1-2/h3-6,14H,1-2H3,(H,13,15);3-4H2,1-2H3;2H,1H3. The van der Waals surface area contributed by atoms with Crippen molar-refractivity contribution in [1.29, 1.82) is 0 Å². The zero-order valence-electron chi connectivity index (χ0n) is 13.3. The van der Waals surface area contributed by atoms with Crippen LogP contribution < -0.4 is 10.6 Å². The predicted octanol–water partition coefficient (Wildman–Crippen LogP) is 5.33. The lowest BCUT2D eigenvalue weighted by molar-refractivity contribution is -0.105. The molecule has 0 radical (unpaired) electrons. The van der Waals surface area contributed by atoms with E-state index in [2.05, 4.69) is 53.0 Å². The molecule has 1 amide bonds. The first kappa shape index (κ1) is 22.5. The zero-order chi connectivity index (χ0) is 16.8. The number of rotatable bonds is 5. The summed E-state index contributed by atoms with van der Waals surface area (Å²) >= 11 is 6.72. The first-order valence-corrected chi connectivity index (χ1v) is 8.55. The lowest BCUT2D eigenvalue weighted by Gasteiger charge is -2.15. The number of benzene rings is 1. The van der Waals surface area contributed by atoms with E-state index in [1.54, 1.807) is 12.3 Å². The number of unbranched alkanes of at least 4 members (excludes halogenated alkanes) is 1. The summed E-state index contributed by atoms with van der Waals surface area (Å²) in [6.07, 6.45) is 4.79. The molecule has 0 aliphatic rings. The fourth-order valence-electron chi connectivity index (χ4n) is 1.20. The Balaban J connectivity index is 0. The fraction of sp³-hybridized carbons (Fsp3) is 0.533. The summed E-state index contributed by atoms with van der Waals surface area (Å²) in [7, 11) is 0. The van der Waals surface area contributed by atoms with Crippen molar-refractivity contribution in [3.63, 3.8) is 0 Å². The largest absolute Gasteiger partial charge is 0.381 e. The Morgan fingerprint density at radius 1 is 1.29 bits per heavy atom. The molecule has 21 heavy (non-hydrogen) atoms. The molecular formula is C15H26BrFN2OS. The van der Waals surface area contributed by atoms with Crippen LogP contribution in [-0.2, 0) is 4.79 Å². The maximum absolute atomic E-state index is 13.5. The van der Waals surface area contributed by atoms with Gasteiger partial charge in [0.25, 0.3) is 0 Å². The molecule has 0 heterocycles. The molecule has 3 nitrogen and oxygen atoms in total. The molecule has 1 rings (SSSR count). The van der Waals surface area contributed by atoms with Crippen LogP contribution in [0.3, 0.4) is 0 Å². The van der Waals surface area contributed by atoms with Gasteiger partial charge in [0.15, 0.2) is 0 Å². The highest BCUT2D eigenvalue weighted by Crippen LogP contribution is 2.29. The van der Waals surface area contributed by atoms with Crippen LogP contribution in [0.1, 0.15) is 40.5 Å². The second-order valence-electron chi connectivity index (χ2n) is 4.37. The van der Waals surface area contributed by atoms with Crippen molar-refractivity contribution >= 4 is 46.3 Å². The summed E-state index contributed by atoms with van der Waals surface area (Å²) in [5.74, 6) is -0.473. The maximum atomic E-state index is 13.5.